The number of rotatable bonds is 6. The van der Waals surface area contributed by atoms with Crippen molar-refractivity contribution < 1.29 is 24.2 Å². The average molecular weight is 286 g/mol. The van der Waals surface area contributed by atoms with Crippen LogP contribution in [0.1, 0.15) is 22.0 Å². The summed E-state index contributed by atoms with van der Waals surface area (Å²) in [6.45, 7) is 0. The number of carbonyl (C=O) groups excluding carboxylic acids is 1. The first-order chi connectivity index (χ1) is 10.2. The lowest BCUT2D eigenvalue weighted by Gasteiger charge is -2.17. The Morgan fingerprint density at radius 1 is 1.14 bits per heavy atom. The summed E-state index contributed by atoms with van der Waals surface area (Å²) in [5.74, 6) is -0.555. The quantitative estimate of drug-likeness (QED) is 0.826. The molecule has 0 bridgehead atoms. The van der Waals surface area contributed by atoms with Crippen LogP contribution in [0.4, 0.5) is 0 Å². The van der Waals surface area contributed by atoms with Crippen LogP contribution in [-0.4, -0.2) is 24.5 Å². The summed E-state index contributed by atoms with van der Waals surface area (Å²) in [5, 5.41) is 9.34. The van der Waals surface area contributed by atoms with Crippen molar-refractivity contribution in [1.82, 2.24) is 0 Å². The minimum absolute atomic E-state index is 0.207. The van der Waals surface area contributed by atoms with E-state index in [0.717, 1.165) is 0 Å². The molecular weight excluding hydrogens is 272 g/mol. The van der Waals surface area contributed by atoms with Gasteiger partial charge in [-0.3, -0.25) is 4.79 Å². The van der Waals surface area contributed by atoms with E-state index in [1.807, 2.05) is 0 Å². The van der Waals surface area contributed by atoms with Gasteiger partial charge in [0.15, 0.2) is 11.5 Å². The molecule has 0 saturated heterocycles. The molecule has 0 heterocycles. The normalized spacial score (nSPS) is 11.5. The van der Waals surface area contributed by atoms with Gasteiger partial charge in [-0.2, -0.15) is 0 Å². The minimum atomic E-state index is -1.18. The van der Waals surface area contributed by atoms with Crippen LogP contribution in [-0.2, 0) is 4.79 Å². The van der Waals surface area contributed by atoms with Crippen molar-refractivity contribution in [2.45, 2.75) is 6.10 Å². The van der Waals surface area contributed by atoms with Gasteiger partial charge >= 0.3 is 5.97 Å². The molecule has 1 N–H and O–H groups in total. The molecule has 0 spiro atoms. The first-order valence-corrected chi connectivity index (χ1v) is 6.23. The zero-order valence-corrected chi connectivity index (χ0v) is 11.4. The molecule has 0 saturated carbocycles. The number of benzene rings is 2. The van der Waals surface area contributed by atoms with E-state index in [1.165, 1.54) is 13.2 Å². The topological polar surface area (TPSA) is 72.8 Å². The highest BCUT2D eigenvalue weighted by molar-refractivity contribution is 5.77. The third-order valence-corrected chi connectivity index (χ3v) is 2.90. The lowest BCUT2D eigenvalue weighted by molar-refractivity contribution is -0.145. The van der Waals surface area contributed by atoms with E-state index in [9.17, 15) is 14.7 Å². The highest BCUT2D eigenvalue weighted by Gasteiger charge is 2.23. The Kier molecular flexibility index (Phi) is 4.56. The van der Waals surface area contributed by atoms with Crippen molar-refractivity contribution in [2.75, 3.05) is 7.11 Å². The lowest BCUT2D eigenvalue weighted by Crippen LogP contribution is -2.18. The summed E-state index contributed by atoms with van der Waals surface area (Å²) in [4.78, 5) is 22.3. The maximum Gasteiger partial charge on any atom is 0.349 e. The Morgan fingerprint density at radius 2 is 1.86 bits per heavy atom. The molecule has 0 aliphatic rings. The van der Waals surface area contributed by atoms with E-state index >= 15 is 0 Å². The molecule has 2 rings (SSSR count). The van der Waals surface area contributed by atoms with Gasteiger partial charge in [0, 0.05) is 11.1 Å². The second-order valence-electron chi connectivity index (χ2n) is 4.27. The Balaban J connectivity index is 2.37. The molecule has 21 heavy (non-hydrogen) atoms. The van der Waals surface area contributed by atoms with E-state index in [2.05, 4.69) is 0 Å². The van der Waals surface area contributed by atoms with Crippen LogP contribution in [0.15, 0.2) is 48.5 Å². The minimum Gasteiger partial charge on any atom is -0.493 e. The largest absolute Gasteiger partial charge is 0.493 e. The van der Waals surface area contributed by atoms with Gasteiger partial charge in [0.05, 0.1) is 7.11 Å². The summed E-state index contributed by atoms with van der Waals surface area (Å²) in [6.07, 6.45) is -0.521. The molecular formula is C16H14O5. The van der Waals surface area contributed by atoms with Gasteiger partial charge in [0.2, 0.25) is 6.10 Å². The van der Waals surface area contributed by atoms with Gasteiger partial charge in [-0.05, 0) is 18.2 Å². The van der Waals surface area contributed by atoms with E-state index in [1.54, 1.807) is 42.5 Å². The monoisotopic (exact) mass is 286 g/mol. The van der Waals surface area contributed by atoms with Gasteiger partial charge in [-0.15, -0.1) is 0 Å². The zero-order chi connectivity index (χ0) is 15.2. The molecule has 0 aromatic heterocycles. The molecule has 108 valence electrons. The van der Waals surface area contributed by atoms with Crippen LogP contribution in [0, 0.1) is 0 Å². The first kappa shape index (κ1) is 14.6. The highest BCUT2D eigenvalue weighted by atomic mass is 16.5. The van der Waals surface area contributed by atoms with Crippen LogP contribution in [0.25, 0.3) is 0 Å². The van der Waals surface area contributed by atoms with Crippen LogP contribution >= 0.6 is 0 Å². The van der Waals surface area contributed by atoms with Crippen molar-refractivity contribution in [3.63, 3.8) is 0 Å². The van der Waals surface area contributed by atoms with Gasteiger partial charge in [0.25, 0.3) is 0 Å². The summed E-state index contributed by atoms with van der Waals surface area (Å²) >= 11 is 0. The van der Waals surface area contributed by atoms with Crippen LogP contribution < -0.4 is 9.47 Å². The number of hydrogen-bond acceptors (Lipinski definition) is 4. The number of carboxylic acids is 1. The first-order valence-electron chi connectivity index (χ1n) is 6.23. The lowest BCUT2D eigenvalue weighted by atomic mass is 10.1. The van der Waals surface area contributed by atoms with Crippen LogP contribution in [0.2, 0.25) is 0 Å². The summed E-state index contributed by atoms with van der Waals surface area (Å²) < 4.78 is 10.7. The predicted molar refractivity (Wildman–Crippen MR) is 75.8 cm³/mol. The Morgan fingerprint density at radius 3 is 2.43 bits per heavy atom. The molecule has 0 unspecified atom stereocenters. The summed E-state index contributed by atoms with van der Waals surface area (Å²) in [6, 6.07) is 13.1. The van der Waals surface area contributed by atoms with E-state index in [0.29, 0.717) is 23.2 Å². The SMILES string of the molecule is COc1ccc(C=O)cc1O[C@@H](C(=O)O)c1ccccc1. The molecule has 0 aliphatic carbocycles. The Bertz CT molecular complexity index is 636. The fourth-order valence-electron chi connectivity index (χ4n) is 1.87. The van der Waals surface area contributed by atoms with Gasteiger partial charge in [-0.25, -0.2) is 4.79 Å². The number of carboxylic acid groups (broad SMARTS) is 1. The van der Waals surface area contributed by atoms with E-state index in [-0.39, 0.29) is 5.75 Å². The van der Waals surface area contributed by atoms with Crippen molar-refractivity contribution in [3.8, 4) is 11.5 Å². The van der Waals surface area contributed by atoms with E-state index in [4.69, 9.17) is 9.47 Å². The molecule has 5 nitrogen and oxygen atoms in total. The molecule has 1 atom stereocenters. The standard InChI is InChI=1S/C16H14O5/c1-20-13-8-7-11(10-17)9-14(13)21-15(16(18)19)12-5-3-2-4-6-12/h2-10,15H,1H3,(H,18,19)/t15-/m1/s1. The molecule has 5 heteroatoms. The number of ether oxygens (including phenoxy) is 2. The van der Waals surface area contributed by atoms with Crippen molar-refractivity contribution in [3.05, 3.63) is 59.7 Å². The van der Waals surface area contributed by atoms with Crippen molar-refractivity contribution in [2.24, 2.45) is 0 Å². The van der Waals surface area contributed by atoms with Crippen LogP contribution in [0.5, 0.6) is 11.5 Å². The smallest absolute Gasteiger partial charge is 0.349 e. The fourth-order valence-corrected chi connectivity index (χ4v) is 1.87. The maximum absolute atomic E-state index is 11.4. The van der Waals surface area contributed by atoms with Crippen molar-refractivity contribution >= 4 is 12.3 Å². The Hall–Kier alpha value is -2.82. The third-order valence-electron chi connectivity index (χ3n) is 2.90. The molecule has 0 radical (unpaired) electrons. The highest BCUT2D eigenvalue weighted by Crippen LogP contribution is 2.32. The molecule has 0 amide bonds. The van der Waals surface area contributed by atoms with Crippen molar-refractivity contribution in [1.29, 1.82) is 0 Å². The number of hydrogen-bond donors (Lipinski definition) is 1. The molecule has 2 aromatic carbocycles. The molecule has 0 aliphatic heterocycles. The molecule has 2 aromatic rings. The number of aldehydes is 1. The fraction of sp³-hybridized carbons (Fsp3) is 0.125. The molecule has 0 fully saturated rings. The van der Waals surface area contributed by atoms with Gasteiger partial charge in [0.1, 0.15) is 6.29 Å². The predicted octanol–water partition coefficient (Wildman–Crippen LogP) is 2.71. The maximum atomic E-state index is 11.4. The third kappa shape index (κ3) is 3.39. The number of aliphatic carboxylic acids is 1. The summed E-state index contributed by atoms with van der Waals surface area (Å²) in [7, 11) is 1.45. The number of carbonyl (C=O) groups is 2. The zero-order valence-electron chi connectivity index (χ0n) is 11.4. The second kappa shape index (κ2) is 6.56. The van der Waals surface area contributed by atoms with Gasteiger partial charge in [-0.1, -0.05) is 30.3 Å². The average Bonchev–Trinajstić information content (AvgIpc) is 2.52. The summed E-state index contributed by atoms with van der Waals surface area (Å²) in [5.41, 5.74) is 0.881. The van der Waals surface area contributed by atoms with E-state index < -0.39 is 12.1 Å². The van der Waals surface area contributed by atoms with Gasteiger partial charge < -0.3 is 14.6 Å². The second-order valence-corrected chi connectivity index (χ2v) is 4.27. The Labute approximate surface area is 121 Å². The van der Waals surface area contributed by atoms with Crippen LogP contribution in [0.3, 0.4) is 0 Å². The number of methoxy groups -OCH3 is 1.